The van der Waals surface area contributed by atoms with Gasteiger partial charge in [0.15, 0.2) is 0 Å². The van der Waals surface area contributed by atoms with E-state index in [0.717, 1.165) is 18.8 Å². The first-order chi connectivity index (χ1) is 7.99. The van der Waals surface area contributed by atoms with E-state index in [0.29, 0.717) is 17.4 Å². The molecule has 2 saturated carbocycles. The minimum absolute atomic E-state index is 0.187. The molecule has 2 aliphatic carbocycles. The molecule has 0 amide bonds. The molecule has 4 atom stereocenters. The van der Waals surface area contributed by atoms with Crippen molar-refractivity contribution in [2.45, 2.75) is 58.5 Å². The lowest BCUT2D eigenvalue weighted by molar-refractivity contribution is -0.169. The van der Waals surface area contributed by atoms with Gasteiger partial charge >= 0.3 is 5.97 Å². The van der Waals surface area contributed by atoms with E-state index in [1.807, 2.05) is 0 Å². The van der Waals surface area contributed by atoms with Crippen LogP contribution < -0.4 is 0 Å². The summed E-state index contributed by atoms with van der Waals surface area (Å²) in [4.78, 5) is 11.9. The van der Waals surface area contributed by atoms with Gasteiger partial charge in [-0.3, -0.25) is 0 Å². The number of hydrogen-bond donors (Lipinski definition) is 0. The fourth-order valence-corrected chi connectivity index (χ4v) is 3.76. The largest absolute Gasteiger partial charge is 0.455 e. The lowest BCUT2D eigenvalue weighted by atomic mass is 9.74. The average Bonchev–Trinajstić information content (AvgIpc) is 2.88. The second kappa shape index (κ2) is 4.47. The number of rotatable bonds is 4. The molecule has 0 radical (unpaired) electrons. The molecule has 2 bridgehead atoms. The topological polar surface area (TPSA) is 26.3 Å². The normalized spacial score (nSPS) is 36.9. The number of fused-ring (bicyclic) bond motifs is 2. The molecule has 2 rings (SSSR count). The number of carbonyl (C=O) groups excluding carboxylic acids is 1. The van der Waals surface area contributed by atoms with Crippen LogP contribution in [0, 0.1) is 17.8 Å². The van der Waals surface area contributed by atoms with E-state index in [1.165, 1.54) is 19.3 Å². The molecule has 0 N–H and O–H groups in total. The first kappa shape index (κ1) is 12.7. The van der Waals surface area contributed by atoms with Gasteiger partial charge in [-0.05, 0) is 56.8 Å². The standard InChI is InChI=1S/C15H24O2/c1-5-11(4)15(17-14(16)10(2)3)9-12-6-7-13(15)8-12/h11-13H,2,5-9H2,1,3-4H3. The van der Waals surface area contributed by atoms with Crippen LogP contribution in [0.1, 0.15) is 52.9 Å². The highest BCUT2D eigenvalue weighted by Crippen LogP contribution is 2.56. The lowest BCUT2D eigenvalue weighted by Crippen LogP contribution is -2.46. The van der Waals surface area contributed by atoms with Crippen molar-refractivity contribution in [2.24, 2.45) is 17.8 Å². The smallest absolute Gasteiger partial charge is 0.333 e. The summed E-state index contributed by atoms with van der Waals surface area (Å²) < 4.78 is 5.91. The highest BCUT2D eigenvalue weighted by Gasteiger charge is 2.55. The van der Waals surface area contributed by atoms with Gasteiger partial charge in [0.2, 0.25) is 0 Å². The predicted octanol–water partition coefficient (Wildman–Crippen LogP) is 3.71. The van der Waals surface area contributed by atoms with Gasteiger partial charge in [0.1, 0.15) is 5.60 Å². The van der Waals surface area contributed by atoms with Gasteiger partial charge < -0.3 is 4.74 Å². The summed E-state index contributed by atoms with van der Waals surface area (Å²) in [5.41, 5.74) is 0.337. The Morgan fingerprint density at radius 3 is 2.65 bits per heavy atom. The zero-order valence-electron chi connectivity index (χ0n) is 11.3. The maximum Gasteiger partial charge on any atom is 0.333 e. The summed E-state index contributed by atoms with van der Waals surface area (Å²) in [5, 5.41) is 0. The first-order valence-corrected chi connectivity index (χ1v) is 6.88. The second-order valence-corrected chi connectivity index (χ2v) is 6.01. The molecule has 17 heavy (non-hydrogen) atoms. The van der Waals surface area contributed by atoms with Crippen molar-refractivity contribution in [3.05, 3.63) is 12.2 Å². The summed E-state index contributed by atoms with van der Waals surface area (Å²) in [6.45, 7) is 9.85. The van der Waals surface area contributed by atoms with E-state index in [2.05, 4.69) is 20.4 Å². The molecule has 2 heteroatoms. The Kier molecular flexibility index (Phi) is 3.33. The van der Waals surface area contributed by atoms with Crippen LogP contribution in [-0.2, 0) is 9.53 Å². The van der Waals surface area contributed by atoms with E-state index in [1.54, 1.807) is 6.92 Å². The van der Waals surface area contributed by atoms with E-state index >= 15 is 0 Å². The second-order valence-electron chi connectivity index (χ2n) is 6.01. The molecule has 2 nitrogen and oxygen atoms in total. The minimum Gasteiger partial charge on any atom is -0.455 e. The van der Waals surface area contributed by atoms with Gasteiger partial charge in [-0.25, -0.2) is 4.79 Å². The van der Waals surface area contributed by atoms with Crippen LogP contribution in [0.15, 0.2) is 12.2 Å². The van der Waals surface area contributed by atoms with E-state index < -0.39 is 0 Å². The van der Waals surface area contributed by atoms with Crippen LogP contribution in [0.4, 0.5) is 0 Å². The molecular weight excluding hydrogens is 212 g/mol. The van der Waals surface area contributed by atoms with Gasteiger partial charge in [-0.15, -0.1) is 0 Å². The fourth-order valence-electron chi connectivity index (χ4n) is 3.76. The van der Waals surface area contributed by atoms with Crippen molar-refractivity contribution >= 4 is 5.97 Å². The summed E-state index contributed by atoms with van der Waals surface area (Å²) in [6.07, 6.45) is 5.97. The zero-order chi connectivity index (χ0) is 12.6. The molecule has 0 aromatic rings. The molecule has 0 heterocycles. The third-order valence-electron chi connectivity index (χ3n) is 4.92. The third-order valence-corrected chi connectivity index (χ3v) is 4.92. The van der Waals surface area contributed by atoms with Crippen molar-refractivity contribution in [3.8, 4) is 0 Å². The van der Waals surface area contributed by atoms with Crippen molar-refractivity contribution < 1.29 is 9.53 Å². The molecule has 2 fully saturated rings. The van der Waals surface area contributed by atoms with Crippen molar-refractivity contribution in [2.75, 3.05) is 0 Å². The molecule has 4 unspecified atom stereocenters. The maximum absolute atomic E-state index is 11.9. The van der Waals surface area contributed by atoms with E-state index in [4.69, 9.17) is 4.74 Å². The SMILES string of the molecule is C=C(C)C(=O)OC1(C(C)CC)CC2CCC1C2. The van der Waals surface area contributed by atoms with Crippen LogP contribution in [0.2, 0.25) is 0 Å². The van der Waals surface area contributed by atoms with Crippen LogP contribution in [-0.4, -0.2) is 11.6 Å². The zero-order valence-corrected chi connectivity index (χ0v) is 11.3. The Balaban J connectivity index is 2.20. The molecule has 0 aromatic carbocycles. The minimum atomic E-state index is -0.196. The maximum atomic E-state index is 11.9. The van der Waals surface area contributed by atoms with Crippen molar-refractivity contribution in [3.63, 3.8) is 0 Å². The van der Waals surface area contributed by atoms with Crippen molar-refractivity contribution in [1.29, 1.82) is 0 Å². The predicted molar refractivity (Wildman–Crippen MR) is 68.5 cm³/mol. The highest BCUT2D eigenvalue weighted by atomic mass is 16.6. The van der Waals surface area contributed by atoms with E-state index in [9.17, 15) is 4.79 Å². The first-order valence-electron chi connectivity index (χ1n) is 6.88. The van der Waals surface area contributed by atoms with Gasteiger partial charge in [0, 0.05) is 5.57 Å². The third kappa shape index (κ3) is 2.02. The van der Waals surface area contributed by atoms with Crippen LogP contribution in [0.5, 0.6) is 0 Å². The van der Waals surface area contributed by atoms with Gasteiger partial charge in [-0.1, -0.05) is 20.4 Å². The average molecular weight is 236 g/mol. The summed E-state index contributed by atoms with van der Waals surface area (Å²) >= 11 is 0. The quantitative estimate of drug-likeness (QED) is 0.549. The summed E-state index contributed by atoms with van der Waals surface area (Å²) in [5.74, 6) is 1.64. The van der Waals surface area contributed by atoms with E-state index in [-0.39, 0.29) is 11.6 Å². The van der Waals surface area contributed by atoms with Gasteiger partial charge in [-0.2, -0.15) is 0 Å². The lowest BCUT2D eigenvalue weighted by Gasteiger charge is -2.42. The highest BCUT2D eigenvalue weighted by molar-refractivity contribution is 5.87. The number of esters is 1. The number of carbonyl (C=O) groups is 1. The van der Waals surface area contributed by atoms with Crippen LogP contribution in [0.3, 0.4) is 0 Å². The molecule has 0 saturated heterocycles. The fraction of sp³-hybridized carbons (Fsp3) is 0.800. The Labute approximate surface area is 104 Å². The molecule has 0 aliphatic heterocycles. The van der Waals surface area contributed by atoms with Crippen LogP contribution >= 0.6 is 0 Å². The monoisotopic (exact) mass is 236 g/mol. The van der Waals surface area contributed by atoms with Crippen LogP contribution in [0.25, 0.3) is 0 Å². The molecular formula is C15H24O2. The molecule has 0 aromatic heterocycles. The summed E-state index contributed by atoms with van der Waals surface area (Å²) in [6, 6.07) is 0. The molecule has 96 valence electrons. The Hall–Kier alpha value is -0.790. The Bertz CT molecular complexity index is 334. The molecule has 0 spiro atoms. The van der Waals surface area contributed by atoms with Gasteiger partial charge in [0.25, 0.3) is 0 Å². The number of ether oxygens (including phenoxy) is 1. The summed E-state index contributed by atoms with van der Waals surface area (Å²) in [7, 11) is 0. The number of hydrogen-bond acceptors (Lipinski definition) is 2. The Morgan fingerprint density at radius 2 is 2.24 bits per heavy atom. The molecule has 2 aliphatic rings. The van der Waals surface area contributed by atoms with Gasteiger partial charge in [0.05, 0.1) is 0 Å². The Morgan fingerprint density at radius 1 is 1.53 bits per heavy atom. The van der Waals surface area contributed by atoms with Crippen molar-refractivity contribution in [1.82, 2.24) is 0 Å².